The topological polar surface area (TPSA) is 110 Å². The highest BCUT2D eigenvalue weighted by molar-refractivity contribution is 8.33. The van der Waals surface area contributed by atoms with Crippen LogP contribution in [0.3, 0.4) is 0 Å². The quantitative estimate of drug-likeness (QED) is 0.495. The van der Waals surface area contributed by atoms with E-state index in [0.717, 1.165) is 30.5 Å². The van der Waals surface area contributed by atoms with E-state index in [2.05, 4.69) is 39.6 Å². The number of aromatic nitrogens is 2. The van der Waals surface area contributed by atoms with Crippen molar-refractivity contribution in [3.05, 3.63) is 46.9 Å². The van der Waals surface area contributed by atoms with Crippen molar-refractivity contribution >= 4 is 27.8 Å². The Morgan fingerprint density at radius 3 is 2.41 bits per heavy atom. The molecule has 1 aliphatic carbocycles. The zero-order chi connectivity index (χ0) is 24.9. The summed E-state index contributed by atoms with van der Waals surface area (Å²) >= 11 is 0. The first-order valence-electron chi connectivity index (χ1n) is 11.4. The summed E-state index contributed by atoms with van der Waals surface area (Å²) in [6.07, 6.45) is 9.35. The van der Waals surface area contributed by atoms with E-state index in [1.54, 1.807) is 17.0 Å². The molecule has 1 aromatic heterocycles. The Kier molecular flexibility index (Phi) is 6.18. The van der Waals surface area contributed by atoms with Gasteiger partial charge in [0.1, 0.15) is 5.82 Å². The summed E-state index contributed by atoms with van der Waals surface area (Å²) in [7, 11) is -1.11. The Labute approximate surface area is 201 Å². The van der Waals surface area contributed by atoms with E-state index in [4.69, 9.17) is 0 Å². The standard InChI is InChI=1S/C24H34FN5O3S/c1-23(2)19-17(20(29-28-19)27-21(32)24(11-6-12-24)34(3,4)5)13-30(23)22(33)26-18(14-31)15-7-9-16(25)10-8-15/h7-10,18,31H,6,11-14H2,1-5H3,(H,26,33)(H2,27,28,29,32)/t18-/m1/s1. The van der Waals surface area contributed by atoms with Gasteiger partial charge in [-0.3, -0.25) is 9.89 Å². The molecular weight excluding hydrogens is 457 g/mol. The smallest absolute Gasteiger partial charge is 0.319 e. The maximum atomic E-state index is 13.3. The first-order valence-corrected chi connectivity index (χ1v) is 14.3. The van der Waals surface area contributed by atoms with Crippen LogP contribution < -0.4 is 10.6 Å². The highest BCUT2D eigenvalue weighted by Gasteiger charge is 2.51. The minimum absolute atomic E-state index is 0.00733. The van der Waals surface area contributed by atoms with Crippen LogP contribution in [0.2, 0.25) is 0 Å². The Morgan fingerprint density at radius 1 is 1.24 bits per heavy atom. The molecule has 1 aliphatic heterocycles. The molecule has 34 heavy (non-hydrogen) atoms. The van der Waals surface area contributed by atoms with Gasteiger partial charge in [-0.1, -0.05) is 12.1 Å². The molecule has 2 aliphatic rings. The van der Waals surface area contributed by atoms with Gasteiger partial charge in [-0.2, -0.15) is 5.10 Å². The zero-order valence-corrected chi connectivity index (χ0v) is 21.2. The number of hydrogen-bond acceptors (Lipinski definition) is 4. The number of nitrogens with one attached hydrogen (secondary N) is 3. The Hall–Kier alpha value is -2.59. The summed E-state index contributed by atoms with van der Waals surface area (Å²) in [4.78, 5) is 28.2. The number of carbonyl (C=O) groups is 2. The zero-order valence-electron chi connectivity index (χ0n) is 20.4. The molecule has 1 saturated carbocycles. The Balaban J connectivity index is 1.52. The number of anilines is 1. The highest BCUT2D eigenvalue weighted by Crippen LogP contribution is 2.60. The SMILES string of the molecule is CC1(C)c2[nH]nc(NC(=O)C3(S(C)(C)C)CCC3)c2CN1C(=O)N[C@H](CO)c1ccc(F)cc1. The number of hydrogen-bond donors (Lipinski definition) is 4. The normalized spacial score (nSPS) is 19.7. The van der Waals surface area contributed by atoms with Crippen molar-refractivity contribution in [1.82, 2.24) is 20.4 Å². The van der Waals surface area contributed by atoms with Crippen LogP contribution in [0.4, 0.5) is 15.0 Å². The molecule has 8 nitrogen and oxygen atoms in total. The molecule has 1 aromatic carbocycles. The van der Waals surface area contributed by atoms with E-state index in [0.29, 0.717) is 11.4 Å². The van der Waals surface area contributed by atoms with E-state index >= 15 is 0 Å². The second-order valence-electron chi connectivity index (χ2n) is 10.4. The predicted molar refractivity (Wildman–Crippen MR) is 132 cm³/mol. The van der Waals surface area contributed by atoms with Crippen molar-refractivity contribution in [2.24, 2.45) is 0 Å². The van der Waals surface area contributed by atoms with Gasteiger partial charge in [0.25, 0.3) is 0 Å². The fourth-order valence-electron chi connectivity index (χ4n) is 4.94. The molecule has 186 valence electrons. The lowest BCUT2D eigenvalue weighted by atomic mass is 9.83. The number of carbonyl (C=O) groups excluding carboxylic acids is 2. The molecule has 4 N–H and O–H groups in total. The van der Waals surface area contributed by atoms with Crippen LogP contribution in [0, 0.1) is 5.82 Å². The van der Waals surface area contributed by atoms with Crippen molar-refractivity contribution in [1.29, 1.82) is 0 Å². The fraction of sp³-hybridized carbons (Fsp3) is 0.542. The lowest BCUT2D eigenvalue weighted by Crippen LogP contribution is -2.51. The molecule has 0 saturated heterocycles. The summed E-state index contributed by atoms with van der Waals surface area (Å²) in [6, 6.07) is 4.63. The fourth-order valence-corrected chi connectivity index (χ4v) is 7.06. The highest BCUT2D eigenvalue weighted by atomic mass is 32.3. The van der Waals surface area contributed by atoms with Crippen LogP contribution in [0.1, 0.15) is 56.0 Å². The molecule has 1 fully saturated rings. The largest absolute Gasteiger partial charge is 0.394 e. The van der Waals surface area contributed by atoms with Gasteiger partial charge in [0.15, 0.2) is 5.82 Å². The van der Waals surface area contributed by atoms with E-state index in [9.17, 15) is 19.1 Å². The minimum atomic E-state index is -1.11. The number of aromatic amines is 1. The van der Waals surface area contributed by atoms with Gasteiger partial charge >= 0.3 is 6.03 Å². The average Bonchev–Trinajstić information content (AvgIpc) is 3.23. The van der Waals surface area contributed by atoms with Crippen LogP contribution in [0.5, 0.6) is 0 Å². The molecule has 2 aromatic rings. The molecule has 1 atom stereocenters. The maximum absolute atomic E-state index is 13.3. The van der Waals surface area contributed by atoms with Gasteiger partial charge in [0.2, 0.25) is 5.91 Å². The lowest BCUT2D eigenvalue weighted by molar-refractivity contribution is -0.120. The average molecular weight is 492 g/mol. The molecule has 0 spiro atoms. The second kappa shape index (κ2) is 8.57. The predicted octanol–water partition coefficient (Wildman–Crippen LogP) is 3.60. The number of aliphatic hydroxyl groups is 1. The van der Waals surface area contributed by atoms with Gasteiger partial charge in [0, 0.05) is 5.56 Å². The maximum Gasteiger partial charge on any atom is 0.319 e. The Bertz CT molecular complexity index is 1090. The number of aliphatic hydroxyl groups excluding tert-OH is 1. The van der Waals surface area contributed by atoms with Crippen molar-refractivity contribution in [2.75, 3.05) is 30.7 Å². The summed E-state index contributed by atoms with van der Waals surface area (Å²) in [5.41, 5.74) is 1.46. The first kappa shape index (κ1) is 24.5. The number of halogens is 1. The molecule has 0 radical (unpaired) electrons. The monoisotopic (exact) mass is 491 g/mol. The summed E-state index contributed by atoms with van der Waals surface area (Å²) in [6.45, 7) is 3.75. The molecule has 4 rings (SSSR count). The van der Waals surface area contributed by atoms with Gasteiger partial charge in [-0.05, 0) is 69.6 Å². The third kappa shape index (κ3) is 3.96. The Morgan fingerprint density at radius 2 is 1.88 bits per heavy atom. The van der Waals surface area contributed by atoms with Crippen molar-refractivity contribution in [3.8, 4) is 0 Å². The summed E-state index contributed by atoms with van der Waals surface area (Å²) in [5.74, 6) is 0.0909. The van der Waals surface area contributed by atoms with E-state index in [1.807, 2.05) is 13.8 Å². The molecule has 2 heterocycles. The van der Waals surface area contributed by atoms with Crippen LogP contribution in [-0.4, -0.2) is 62.3 Å². The number of H-pyrrole nitrogens is 1. The number of rotatable bonds is 6. The van der Waals surface area contributed by atoms with Gasteiger partial charge in [0.05, 0.1) is 35.2 Å². The van der Waals surface area contributed by atoms with E-state index < -0.39 is 21.6 Å². The van der Waals surface area contributed by atoms with Crippen molar-refractivity contribution in [2.45, 2.75) is 56.0 Å². The number of fused-ring (bicyclic) bond motifs is 1. The third-order valence-electron chi connectivity index (χ3n) is 7.45. The number of urea groups is 1. The molecule has 0 bridgehead atoms. The summed E-state index contributed by atoms with van der Waals surface area (Å²) in [5, 5.41) is 23.1. The van der Waals surface area contributed by atoms with Gasteiger partial charge < -0.3 is 20.6 Å². The summed E-state index contributed by atoms with van der Waals surface area (Å²) < 4.78 is 12.9. The molecular formula is C24H34FN5O3S. The van der Waals surface area contributed by atoms with Gasteiger partial charge in [-0.15, -0.1) is 0 Å². The molecule has 3 amide bonds. The van der Waals surface area contributed by atoms with E-state index in [1.165, 1.54) is 12.1 Å². The second-order valence-corrected chi connectivity index (χ2v) is 14.9. The van der Waals surface area contributed by atoms with Gasteiger partial charge in [-0.25, -0.2) is 19.2 Å². The third-order valence-corrected chi connectivity index (χ3v) is 10.4. The van der Waals surface area contributed by atoms with Crippen LogP contribution in [0.25, 0.3) is 0 Å². The lowest BCUT2D eigenvalue weighted by Gasteiger charge is -2.53. The molecule has 10 heteroatoms. The van der Waals surface area contributed by atoms with Crippen molar-refractivity contribution in [3.63, 3.8) is 0 Å². The van der Waals surface area contributed by atoms with Crippen LogP contribution >= 0.6 is 10.0 Å². The number of benzene rings is 1. The minimum Gasteiger partial charge on any atom is -0.394 e. The number of nitrogens with zero attached hydrogens (tertiary/aromatic N) is 2. The first-order chi connectivity index (χ1) is 15.9. The van der Waals surface area contributed by atoms with Crippen LogP contribution in [0.15, 0.2) is 24.3 Å². The van der Waals surface area contributed by atoms with E-state index in [-0.39, 0.29) is 35.7 Å². The van der Waals surface area contributed by atoms with Crippen molar-refractivity contribution < 1.29 is 19.1 Å². The molecule has 0 unspecified atom stereocenters. The van der Waals surface area contributed by atoms with Crippen LogP contribution in [-0.2, 0) is 16.9 Å². The number of amides is 3.